The van der Waals surface area contributed by atoms with Crippen LogP contribution in [-0.4, -0.2) is 42.6 Å². The normalized spacial score (nSPS) is 16.2. The third-order valence-electron chi connectivity index (χ3n) is 4.53. The van der Waals surface area contributed by atoms with Gasteiger partial charge < -0.3 is 0 Å². The highest BCUT2D eigenvalue weighted by Crippen LogP contribution is 2.22. The van der Waals surface area contributed by atoms with E-state index in [9.17, 15) is 25.3 Å². The lowest BCUT2D eigenvalue weighted by atomic mass is 10.2. The summed E-state index contributed by atoms with van der Waals surface area (Å²) in [6, 6.07) is 10.6. The smallest absolute Gasteiger partial charge is 0.225 e. The molecule has 0 atom stereocenters. The highest BCUT2D eigenvalue weighted by atomic mass is 32.2. The van der Waals surface area contributed by atoms with Crippen LogP contribution >= 0.6 is 0 Å². The zero-order valence-corrected chi connectivity index (χ0v) is 17.8. The van der Waals surface area contributed by atoms with E-state index >= 15 is 0 Å². The molecule has 0 bridgehead atoms. The van der Waals surface area contributed by atoms with Crippen molar-refractivity contribution in [3.63, 3.8) is 0 Å². The molecule has 0 radical (unpaired) electrons. The van der Waals surface area contributed by atoms with Crippen LogP contribution in [-0.2, 0) is 36.6 Å². The van der Waals surface area contributed by atoms with E-state index in [0.29, 0.717) is 18.7 Å². The summed E-state index contributed by atoms with van der Waals surface area (Å²) in [7, 11) is -11.4. The van der Waals surface area contributed by atoms with Gasteiger partial charge in [0.15, 0.2) is 0 Å². The van der Waals surface area contributed by atoms with Crippen LogP contribution in [0.1, 0.15) is 18.4 Å². The Hall–Kier alpha value is -1.83. The van der Waals surface area contributed by atoms with Gasteiger partial charge in [0, 0.05) is 19.6 Å². The van der Waals surface area contributed by atoms with Crippen LogP contribution in [0, 0.1) is 0 Å². The average molecular weight is 460 g/mol. The van der Waals surface area contributed by atoms with Gasteiger partial charge in [0.05, 0.1) is 14.7 Å². The molecule has 2 aromatic carbocycles. The zero-order valence-electron chi connectivity index (χ0n) is 15.4. The molecule has 0 unspecified atom stereocenters. The van der Waals surface area contributed by atoms with E-state index in [0.717, 1.165) is 12.8 Å². The van der Waals surface area contributed by atoms with E-state index in [1.807, 2.05) is 0 Å². The molecule has 0 saturated carbocycles. The van der Waals surface area contributed by atoms with Gasteiger partial charge in [0.1, 0.15) is 0 Å². The molecule has 1 fully saturated rings. The first-order chi connectivity index (χ1) is 13.5. The van der Waals surface area contributed by atoms with Gasteiger partial charge in [-0.05, 0) is 54.8 Å². The Morgan fingerprint density at radius 2 is 1.41 bits per heavy atom. The summed E-state index contributed by atoms with van der Waals surface area (Å²) in [6.07, 6.45) is 1.62. The van der Waals surface area contributed by atoms with Crippen molar-refractivity contribution in [1.29, 1.82) is 0 Å². The minimum Gasteiger partial charge on any atom is -0.225 e. The van der Waals surface area contributed by atoms with Crippen molar-refractivity contribution in [2.75, 3.05) is 13.1 Å². The minimum atomic E-state index is -3.93. The number of nitrogens with two attached hydrogens (primary N) is 1. The van der Waals surface area contributed by atoms with E-state index in [2.05, 4.69) is 4.72 Å². The molecule has 0 aliphatic carbocycles. The van der Waals surface area contributed by atoms with Gasteiger partial charge in [-0.3, -0.25) is 0 Å². The Morgan fingerprint density at radius 1 is 0.828 bits per heavy atom. The Labute approximate surface area is 170 Å². The molecule has 0 spiro atoms. The van der Waals surface area contributed by atoms with Gasteiger partial charge >= 0.3 is 0 Å². The molecule has 9 nitrogen and oxygen atoms in total. The van der Waals surface area contributed by atoms with Crippen LogP contribution in [0.5, 0.6) is 0 Å². The molecular weight excluding hydrogens is 438 g/mol. The number of primary sulfonamides is 1. The van der Waals surface area contributed by atoms with Gasteiger partial charge in [0.2, 0.25) is 30.1 Å². The molecule has 158 valence electrons. The number of hydrogen-bond acceptors (Lipinski definition) is 6. The second-order valence-corrected chi connectivity index (χ2v) is 11.9. The summed E-state index contributed by atoms with van der Waals surface area (Å²) in [5.41, 5.74) is 0.410. The van der Waals surface area contributed by atoms with Crippen molar-refractivity contribution in [2.24, 2.45) is 5.14 Å². The maximum Gasteiger partial charge on any atom is 0.243 e. The van der Waals surface area contributed by atoms with E-state index in [1.54, 1.807) is 6.07 Å². The molecule has 1 aliphatic rings. The van der Waals surface area contributed by atoms with E-state index in [-0.39, 0.29) is 21.2 Å². The summed E-state index contributed by atoms with van der Waals surface area (Å²) < 4.78 is 76.6. The summed E-state index contributed by atoms with van der Waals surface area (Å²) in [5.74, 6) is 0. The van der Waals surface area contributed by atoms with Gasteiger partial charge in [0.25, 0.3) is 0 Å². The summed E-state index contributed by atoms with van der Waals surface area (Å²) in [6.45, 7) is 0.766. The van der Waals surface area contributed by atoms with Crippen molar-refractivity contribution in [3.8, 4) is 0 Å². The second kappa shape index (κ2) is 8.13. The molecule has 0 aromatic heterocycles. The zero-order chi connectivity index (χ0) is 21.3. The molecule has 29 heavy (non-hydrogen) atoms. The number of benzene rings is 2. The fraction of sp³-hybridized carbons (Fsp3) is 0.294. The monoisotopic (exact) mass is 459 g/mol. The number of sulfonamides is 3. The summed E-state index contributed by atoms with van der Waals surface area (Å²) >= 11 is 0. The second-order valence-electron chi connectivity index (χ2n) is 6.60. The van der Waals surface area contributed by atoms with Crippen molar-refractivity contribution < 1.29 is 25.3 Å². The lowest BCUT2D eigenvalue weighted by Gasteiger charge is -2.15. The predicted molar refractivity (Wildman–Crippen MR) is 106 cm³/mol. The van der Waals surface area contributed by atoms with Crippen LogP contribution in [0.2, 0.25) is 0 Å². The number of nitrogens with zero attached hydrogens (tertiary/aromatic N) is 1. The third kappa shape index (κ3) is 5.02. The topological polar surface area (TPSA) is 144 Å². The molecule has 2 aromatic rings. The molecule has 1 saturated heterocycles. The van der Waals surface area contributed by atoms with Crippen LogP contribution < -0.4 is 9.86 Å². The van der Waals surface area contributed by atoms with Crippen molar-refractivity contribution >= 4 is 30.1 Å². The molecule has 3 N–H and O–H groups in total. The standard InChI is InChI=1S/C17H21N3O6S3/c18-27(21,22)17-5-3-4-14(12-17)13-19-28(23,24)15-6-8-16(9-7-15)29(25,26)20-10-1-2-11-20/h3-9,12,19H,1-2,10-11,13H2,(H2,18,21,22). The quantitative estimate of drug-likeness (QED) is 0.620. The van der Waals surface area contributed by atoms with Crippen LogP contribution in [0.3, 0.4) is 0 Å². The highest BCUT2D eigenvalue weighted by Gasteiger charge is 2.27. The molecule has 0 amide bonds. The van der Waals surface area contributed by atoms with Crippen LogP contribution in [0.15, 0.2) is 63.2 Å². The average Bonchev–Trinajstić information content (AvgIpc) is 3.22. The first-order valence-electron chi connectivity index (χ1n) is 8.72. The van der Waals surface area contributed by atoms with Gasteiger partial charge in [-0.1, -0.05) is 12.1 Å². The van der Waals surface area contributed by atoms with Crippen molar-refractivity contribution in [3.05, 3.63) is 54.1 Å². The Balaban J connectivity index is 1.75. The number of hydrogen-bond donors (Lipinski definition) is 2. The predicted octanol–water partition coefficient (Wildman–Crippen LogP) is 0.597. The largest absolute Gasteiger partial charge is 0.243 e. The summed E-state index contributed by atoms with van der Waals surface area (Å²) in [4.78, 5) is -0.176. The number of nitrogens with one attached hydrogen (secondary N) is 1. The summed E-state index contributed by atoms with van der Waals surface area (Å²) in [5, 5.41) is 5.07. The van der Waals surface area contributed by atoms with E-state index in [1.165, 1.54) is 46.8 Å². The maximum atomic E-state index is 12.5. The van der Waals surface area contributed by atoms with E-state index < -0.39 is 30.1 Å². The molecular formula is C17H21N3O6S3. The van der Waals surface area contributed by atoms with Gasteiger partial charge in [-0.25, -0.2) is 35.1 Å². The Morgan fingerprint density at radius 3 is 2.00 bits per heavy atom. The fourth-order valence-corrected chi connectivity index (χ4v) is 6.08. The fourth-order valence-electron chi connectivity index (χ4n) is 2.96. The molecule has 1 heterocycles. The highest BCUT2D eigenvalue weighted by molar-refractivity contribution is 7.90. The van der Waals surface area contributed by atoms with Crippen LogP contribution in [0.4, 0.5) is 0 Å². The van der Waals surface area contributed by atoms with Gasteiger partial charge in [-0.2, -0.15) is 4.31 Å². The van der Waals surface area contributed by atoms with E-state index in [4.69, 9.17) is 5.14 Å². The molecule has 12 heteroatoms. The minimum absolute atomic E-state index is 0.0409. The van der Waals surface area contributed by atoms with Crippen LogP contribution in [0.25, 0.3) is 0 Å². The van der Waals surface area contributed by atoms with Crippen molar-refractivity contribution in [1.82, 2.24) is 9.03 Å². The number of rotatable bonds is 7. The SMILES string of the molecule is NS(=O)(=O)c1cccc(CNS(=O)(=O)c2ccc(S(=O)(=O)N3CCCC3)cc2)c1. The Bertz CT molecular complexity index is 1200. The molecule has 1 aliphatic heterocycles. The lowest BCUT2D eigenvalue weighted by Crippen LogP contribution is -2.28. The van der Waals surface area contributed by atoms with Crippen molar-refractivity contribution in [2.45, 2.75) is 34.1 Å². The first-order valence-corrected chi connectivity index (χ1v) is 13.2. The third-order valence-corrected chi connectivity index (χ3v) is 8.77. The van der Waals surface area contributed by atoms with Gasteiger partial charge in [-0.15, -0.1) is 0 Å². The lowest BCUT2D eigenvalue weighted by molar-refractivity contribution is 0.477. The maximum absolute atomic E-state index is 12.5. The molecule has 3 rings (SSSR count). The first kappa shape index (κ1) is 21.9. The Kier molecular flexibility index (Phi) is 6.13.